The Bertz CT molecular complexity index is 1500. The van der Waals surface area contributed by atoms with Gasteiger partial charge in [0, 0.05) is 12.8 Å². The van der Waals surface area contributed by atoms with Crippen LogP contribution in [0.1, 0.15) is 142 Å². The molecule has 1 amide bonds. The van der Waals surface area contributed by atoms with Crippen molar-refractivity contribution in [3.05, 3.63) is 122 Å². The third-order valence-corrected chi connectivity index (χ3v) is 9.70. The second-order valence-corrected chi connectivity index (χ2v) is 15.9. The number of amides is 1. The number of phosphoric acid groups is 1. The maximum Gasteiger partial charge on any atom is 0.472 e. The van der Waals surface area contributed by atoms with E-state index in [4.69, 9.17) is 13.8 Å². The van der Waals surface area contributed by atoms with Gasteiger partial charge in [0.15, 0.2) is 6.04 Å². The first-order valence-electron chi connectivity index (χ1n) is 22.6. The minimum absolute atomic E-state index is 0.0583. The molecule has 0 rings (SSSR count). The number of carbonyl (C=O) groups excluding carboxylic acids is 2. The Morgan fingerprint density at radius 1 is 0.516 bits per heavy atom. The number of hydrogen-bond donors (Lipinski definition) is 4. The molecule has 11 nitrogen and oxygen atoms in total. The monoisotopic (exact) mass is 884 g/mol. The highest BCUT2D eigenvalue weighted by atomic mass is 31.2. The standard InChI is InChI=1S/C50H78NO10P/c1-3-5-7-9-11-13-15-17-19-21-22-23-24-26-28-30-32-34-36-38-40-42-49(54)59-43-46(52)44-60-62(57,58)61-45-47(50(55)56)51-48(53)41-39-37-35-33-31-29-27-25-20-18-16-14-12-10-8-6-4-2/h5-8,11-14,17-20,22-23,26-29,33,35,46-47,52H,3-4,9-10,15-16,21,24-25,30-32,34,36-45H2,1-2H3,(H,51,53)(H,55,56)(H,57,58)/b7-5-,8-6-,13-11-,14-12-,19-17-,20-18-,23-22-,28-26-,29-27-,35-33-. The number of nitrogens with one attached hydrogen (secondary N) is 1. The molecular formula is C50H78NO10P. The summed E-state index contributed by atoms with van der Waals surface area (Å²) in [6, 6.07) is -1.59. The molecule has 0 aromatic heterocycles. The number of carboxylic acid groups (broad SMARTS) is 1. The van der Waals surface area contributed by atoms with Gasteiger partial charge in [-0.05, 0) is 96.3 Å². The lowest BCUT2D eigenvalue weighted by molar-refractivity contribution is -0.147. The average molecular weight is 884 g/mol. The SMILES string of the molecule is CC/C=C\C/C=C\C/C=C\C/C=C\C/C=C\CCCCCCCC(=O)OCC(O)COP(=O)(O)OCC(NC(=O)CCC/C=C\C/C=C\C/C=C\C/C=C\C/C=C\CC)C(=O)O. The highest BCUT2D eigenvalue weighted by Crippen LogP contribution is 2.43. The van der Waals surface area contributed by atoms with Crippen LogP contribution in [-0.2, 0) is 32.7 Å². The van der Waals surface area contributed by atoms with Gasteiger partial charge < -0.3 is 25.2 Å². The van der Waals surface area contributed by atoms with Gasteiger partial charge in [0.25, 0.3) is 0 Å². The van der Waals surface area contributed by atoms with Crippen molar-refractivity contribution in [3.8, 4) is 0 Å². The Morgan fingerprint density at radius 3 is 1.35 bits per heavy atom. The number of carboxylic acids is 1. The van der Waals surface area contributed by atoms with Crippen LogP contribution in [0, 0.1) is 0 Å². The van der Waals surface area contributed by atoms with E-state index in [2.05, 4.69) is 129 Å². The van der Waals surface area contributed by atoms with Crippen LogP contribution in [0.15, 0.2) is 122 Å². The molecule has 4 N–H and O–H groups in total. The average Bonchev–Trinajstić information content (AvgIpc) is 3.25. The van der Waals surface area contributed by atoms with E-state index >= 15 is 0 Å². The first-order valence-corrected chi connectivity index (χ1v) is 24.1. The molecule has 0 heterocycles. The van der Waals surface area contributed by atoms with Gasteiger partial charge in [-0.1, -0.05) is 155 Å². The summed E-state index contributed by atoms with van der Waals surface area (Å²) in [4.78, 5) is 45.9. The van der Waals surface area contributed by atoms with Crippen molar-refractivity contribution in [1.29, 1.82) is 0 Å². The summed E-state index contributed by atoms with van der Waals surface area (Å²) < 4.78 is 26.8. The minimum atomic E-state index is -4.79. The Balaban J connectivity index is 4.02. The molecule has 12 heteroatoms. The van der Waals surface area contributed by atoms with Gasteiger partial charge in [0.05, 0.1) is 13.2 Å². The normalized spacial score (nSPS) is 14.8. The van der Waals surface area contributed by atoms with Crippen molar-refractivity contribution in [1.82, 2.24) is 5.32 Å². The Hall–Kier alpha value is -4.12. The molecule has 62 heavy (non-hydrogen) atoms. The fraction of sp³-hybridized carbons (Fsp3) is 0.540. The summed E-state index contributed by atoms with van der Waals surface area (Å²) in [6.07, 6.45) is 58.0. The molecular weight excluding hydrogens is 806 g/mol. The van der Waals surface area contributed by atoms with E-state index in [0.29, 0.717) is 19.3 Å². The molecule has 0 aliphatic rings. The lowest BCUT2D eigenvalue weighted by atomic mass is 10.1. The summed E-state index contributed by atoms with van der Waals surface area (Å²) in [5, 5.41) is 21.8. The van der Waals surface area contributed by atoms with Crippen LogP contribution >= 0.6 is 7.82 Å². The second-order valence-electron chi connectivity index (χ2n) is 14.5. The van der Waals surface area contributed by atoms with Crippen LogP contribution in [0.3, 0.4) is 0 Å². The van der Waals surface area contributed by atoms with Crippen LogP contribution in [0.25, 0.3) is 0 Å². The second kappa shape index (κ2) is 43.5. The fourth-order valence-corrected chi connectivity index (χ4v) is 6.09. The first kappa shape index (κ1) is 57.9. The van der Waals surface area contributed by atoms with Crippen LogP contribution in [0.4, 0.5) is 0 Å². The fourth-order valence-electron chi connectivity index (χ4n) is 5.32. The van der Waals surface area contributed by atoms with Gasteiger partial charge in [0.1, 0.15) is 12.7 Å². The largest absolute Gasteiger partial charge is 0.480 e. The topological polar surface area (TPSA) is 169 Å². The molecule has 348 valence electrons. The zero-order valence-electron chi connectivity index (χ0n) is 37.6. The summed E-state index contributed by atoms with van der Waals surface area (Å²) in [7, 11) is -4.79. The molecule has 3 unspecified atom stereocenters. The third kappa shape index (κ3) is 42.6. The van der Waals surface area contributed by atoms with E-state index in [0.717, 1.165) is 96.3 Å². The molecule has 0 aliphatic heterocycles. The van der Waals surface area contributed by atoms with Gasteiger partial charge in [-0.3, -0.25) is 18.6 Å². The van der Waals surface area contributed by atoms with Crippen molar-refractivity contribution >= 4 is 25.7 Å². The number of phosphoric ester groups is 1. The highest BCUT2D eigenvalue weighted by Gasteiger charge is 2.28. The van der Waals surface area contributed by atoms with Crippen LogP contribution in [-0.4, -0.2) is 64.9 Å². The predicted molar refractivity (Wildman–Crippen MR) is 253 cm³/mol. The van der Waals surface area contributed by atoms with Gasteiger partial charge in [-0.2, -0.15) is 0 Å². The summed E-state index contributed by atoms with van der Waals surface area (Å²) in [5.74, 6) is -2.50. The maximum atomic E-state index is 12.3. The number of esters is 1. The van der Waals surface area contributed by atoms with Gasteiger partial charge >= 0.3 is 19.8 Å². The zero-order valence-corrected chi connectivity index (χ0v) is 38.5. The van der Waals surface area contributed by atoms with E-state index in [1.807, 2.05) is 12.2 Å². The molecule has 0 bridgehead atoms. The van der Waals surface area contributed by atoms with Gasteiger partial charge in [-0.15, -0.1) is 0 Å². The van der Waals surface area contributed by atoms with Crippen molar-refractivity contribution in [2.24, 2.45) is 0 Å². The minimum Gasteiger partial charge on any atom is -0.480 e. The number of aliphatic carboxylic acids is 1. The van der Waals surface area contributed by atoms with E-state index < -0.39 is 57.6 Å². The summed E-state index contributed by atoms with van der Waals surface area (Å²) in [6.45, 7) is 2.28. The Kier molecular flexibility index (Phi) is 40.6. The van der Waals surface area contributed by atoms with Crippen molar-refractivity contribution in [2.75, 3.05) is 19.8 Å². The number of ether oxygens (including phenoxy) is 1. The van der Waals surface area contributed by atoms with Crippen molar-refractivity contribution in [3.63, 3.8) is 0 Å². The number of allylic oxidation sites excluding steroid dienone is 20. The lowest BCUT2D eigenvalue weighted by Crippen LogP contribution is -2.43. The summed E-state index contributed by atoms with van der Waals surface area (Å²) in [5.41, 5.74) is 0. The van der Waals surface area contributed by atoms with E-state index in [1.165, 1.54) is 0 Å². The zero-order chi connectivity index (χ0) is 45.6. The molecule has 0 spiro atoms. The quantitative estimate of drug-likeness (QED) is 0.0201. The van der Waals surface area contributed by atoms with Crippen LogP contribution < -0.4 is 5.32 Å². The van der Waals surface area contributed by atoms with Crippen LogP contribution in [0.5, 0.6) is 0 Å². The third-order valence-electron chi connectivity index (χ3n) is 8.75. The highest BCUT2D eigenvalue weighted by molar-refractivity contribution is 7.47. The first-order chi connectivity index (χ1) is 30.1. The summed E-state index contributed by atoms with van der Waals surface area (Å²) >= 11 is 0. The smallest absolute Gasteiger partial charge is 0.472 e. The number of aliphatic hydroxyl groups is 1. The Morgan fingerprint density at radius 2 is 0.903 bits per heavy atom. The number of hydrogen-bond acceptors (Lipinski definition) is 8. The Labute approximate surface area is 373 Å². The molecule has 3 atom stereocenters. The molecule has 0 saturated heterocycles. The number of rotatable bonds is 40. The van der Waals surface area contributed by atoms with E-state index in [9.17, 15) is 34.1 Å². The molecule has 0 radical (unpaired) electrons. The van der Waals surface area contributed by atoms with Crippen molar-refractivity contribution in [2.45, 2.75) is 154 Å². The molecule has 0 aromatic carbocycles. The number of aliphatic hydroxyl groups excluding tert-OH is 1. The van der Waals surface area contributed by atoms with Crippen molar-refractivity contribution < 1.29 is 47.8 Å². The van der Waals surface area contributed by atoms with Gasteiger partial charge in [-0.25, -0.2) is 9.36 Å². The molecule has 0 aromatic rings. The molecule has 0 fully saturated rings. The molecule has 0 aliphatic carbocycles. The lowest BCUT2D eigenvalue weighted by Gasteiger charge is -2.18. The molecule has 0 saturated carbocycles. The van der Waals surface area contributed by atoms with E-state index in [1.54, 1.807) is 0 Å². The number of unbranched alkanes of at least 4 members (excludes halogenated alkanes) is 6. The van der Waals surface area contributed by atoms with Crippen LogP contribution in [0.2, 0.25) is 0 Å². The maximum absolute atomic E-state index is 12.3. The number of carbonyl (C=O) groups is 3. The van der Waals surface area contributed by atoms with Gasteiger partial charge in [0.2, 0.25) is 5.91 Å². The van der Waals surface area contributed by atoms with E-state index in [-0.39, 0.29) is 12.8 Å². The predicted octanol–water partition coefficient (Wildman–Crippen LogP) is 12.0.